The molecule has 0 atom stereocenters. The molecule has 0 aromatic carbocycles. The molecule has 0 radical (unpaired) electrons. The fraction of sp³-hybridized carbons (Fsp3) is 0.667. The molecule has 0 saturated heterocycles. The van der Waals surface area contributed by atoms with Crippen molar-refractivity contribution in [3.63, 3.8) is 0 Å². The van der Waals surface area contributed by atoms with Gasteiger partial charge < -0.3 is 15.4 Å². The summed E-state index contributed by atoms with van der Waals surface area (Å²) in [6.07, 6.45) is 4.55. The number of esters is 1. The number of carbonyl (C=O) groups excluding carboxylic acids is 1. The fourth-order valence-electron chi connectivity index (χ4n) is 2.54. The zero-order chi connectivity index (χ0) is 14.7. The van der Waals surface area contributed by atoms with E-state index in [-0.39, 0.29) is 5.97 Å². The standard InChI is InChI=1S/C15H24N2O2S/c1-4-8-17(9-5-2)14-11(10-6-7-10)12(16)13(20-14)15(18)19-3/h10H,4-9,16H2,1-3H3. The molecule has 1 aliphatic rings. The Morgan fingerprint density at radius 1 is 1.35 bits per heavy atom. The number of ether oxygens (including phenoxy) is 1. The van der Waals surface area contributed by atoms with Gasteiger partial charge in [0.25, 0.3) is 0 Å². The van der Waals surface area contributed by atoms with E-state index >= 15 is 0 Å². The molecule has 0 bridgehead atoms. The number of nitrogens with zero attached hydrogens (tertiary/aromatic N) is 1. The number of methoxy groups -OCH3 is 1. The van der Waals surface area contributed by atoms with Crippen molar-refractivity contribution in [3.8, 4) is 0 Å². The Labute approximate surface area is 124 Å². The van der Waals surface area contributed by atoms with Crippen molar-refractivity contribution in [2.45, 2.75) is 45.4 Å². The molecule has 1 saturated carbocycles. The molecule has 20 heavy (non-hydrogen) atoms. The Balaban J connectivity index is 2.41. The van der Waals surface area contributed by atoms with Crippen LogP contribution in [0.15, 0.2) is 0 Å². The molecule has 4 nitrogen and oxygen atoms in total. The van der Waals surface area contributed by atoms with Crippen molar-refractivity contribution in [2.24, 2.45) is 0 Å². The summed E-state index contributed by atoms with van der Waals surface area (Å²) in [5.41, 5.74) is 8.08. The van der Waals surface area contributed by atoms with E-state index in [9.17, 15) is 4.79 Å². The van der Waals surface area contributed by atoms with Gasteiger partial charge in [-0.15, -0.1) is 11.3 Å². The quantitative estimate of drug-likeness (QED) is 0.781. The molecular weight excluding hydrogens is 272 g/mol. The number of carbonyl (C=O) groups is 1. The molecule has 2 N–H and O–H groups in total. The summed E-state index contributed by atoms with van der Waals surface area (Å²) in [5, 5.41) is 1.19. The van der Waals surface area contributed by atoms with Crippen LogP contribution in [0.25, 0.3) is 0 Å². The summed E-state index contributed by atoms with van der Waals surface area (Å²) >= 11 is 1.50. The van der Waals surface area contributed by atoms with Crippen molar-refractivity contribution < 1.29 is 9.53 Å². The van der Waals surface area contributed by atoms with Gasteiger partial charge in [0.2, 0.25) is 0 Å². The first kappa shape index (κ1) is 15.2. The van der Waals surface area contributed by atoms with Crippen LogP contribution in [0.5, 0.6) is 0 Å². The third kappa shape index (κ3) is 2.92. The topological polar surface area (TPSA) is 55.6 Å². The molecule has 1 aliphatic carbocycles. The van der Waals surface area contributed by atoms with Gasteiger partial charge in [-0.1, -0.05) is 13.8 Å². The van der Waals surface area contributed by atoms with E-state index in [1.165, 1.54) is 41.9 Å². The largest absolute Gasteiger partial charge is 0.465 e. The van der Waals surface area contributed by atoms with Crippen LogP contribution in [-0.2, 0) is 4.74 Å². The number of nitrogens with two attached hydrogens (primary N) is 1. The highest BCUT2D eigenvalue weighted by atomic mass is 32.1. The van der Waals surface area contributed by atoms with Crippen LogP contribution < -0.4 is 10.6 Å². The van der Waals surface area contributed by atoms with E-state index in [4.69, 9.17) is 10.5 Å². The monoisotopic (exact) mass is 296 g/mol. The highest BCUT2D eigenvalue weighted by molar-refractivity contribution is 7.18. The van der Waals surface area contributed by atoms with Gasteiger partial charge in [-0.2, -0.15) is 0 Å². The second-order valence-corrected chi connectivity index (χ2v) is 6.32. The lowest BCUT2D eigenvalue weighted by Crippen LogP contribution is -2.24. The van der Waals surface area contributed by atoms with Gasteiger partial charge in [-0.3, -0.25) is 0 Å². The number of hydrogen-bond donors (Lipinski definition) is 1. The lowest BCUT2D eigenvalue weighted by Gasteiger charge is -2.23. The van der Waals surface area contributed by atoms with E-state index in [1.54, 1.807) is 0 Å². The van der Waals surface area contributed by atoms with E-state index in [0.29, 0.717) is 16.5 Å². The zero-order valence-electron chi connectivity index (χ0n) is 12.6. The minimum Gasteiger partial charge on any atom is -0.465 e. The van der Waals surface area contributed by atoms with Crippen LogP contribution in [0.1, 0.15) is 60.7 Å². The number of nitrogen functional groups attached to an aromatic ring is 1. The molecular formula is C15H24N2O2S. The molecule has 112 valence electrons. The summed E-state index contributed by atoms with van der Waals surface area (Å²) in [5.74, 6) is 0.226. The first-order valence-corrected chi connectivity index (χ1v) is 8.21. The van der Waals surface area contributed by atoms with E-state index < -0.39 is 0 Å². The van der Waals surface area contributed by atoms with Gasteiger partial charge in [-0.05, 0) is 31.6 Å². The van der Waals surface area contributed by atoms with E-state index in [0.717, 1.165) is 25.9 Å². The van der Waals surface area contributed by atoms with Gasteiger partial charge >= 0.3 is 5.97 Å². The number of thiophene rings is 1. The minimum atomic E-state index is -0.311. The van der Waals surface area contributed by atoms with Crippen LogP contribution in [0.4, 0.5) is 10.7 Å². The molecule has 5 heteroatoms. The summed E-state index contributed by atoms with van der Waals surface area (Å²) in [6, 6.07) is 0. The maximum atomic E-state index is 11.9. The lowest BCUT2D eigenvalue weighted by atomic mass is 10.1. The third-order valence-electron chi connectivity index (χ3n) is 3.59. The highest BCUT2D eigenvalue weighted by Gasteiger charge is 2.34. The van der Waals surface area contributed by atoms with Crippen LogP contribution >= 0.6 is 11.3 Å². The van der Waals surface area contributed by atoms with Gasteiger partial charge in [0, 0.05) is 18.7 Å². The van der Waals surface area contributed by atoms with Gasteiger partial charge in [-0.25, -0.2) is 4.79 Å². The van der Waals surface area contributed by atoms with Gasteiger partial charge in [0.05, 0.1) is 17.8 Å². The highest BCUT2D eigenvalue weighted by Crippen LogP contribution is 2.52. The number of anilines is 2. The summed E-state index contributed by atoms with van der Waals surface area (Å²) in [7, 11) is 1.41. The molecule has 1 heterocycles. The van der Waals surface area contributed by atoms with Crippen LogP contribution in [0.2, 0.25) is 0 Å². The van der Waals surface area contributed by atoms with Crippen LogP contribution in [0.3, 0.4) is 0 Å². The number of rotatable bonds is 7. The average molecular weight is 296 g/mol. The normalized spacial score (nSPS) is 14.3. The minimum absolute atomic E-state index is 0.311. The van der Waals surface area contributed by atoms with Crippen molar-refractivity contribution in [1.82, 2.24) is 0 Å². The second-order valence-electron chi connectivity index (χ2n) is 5.32. The maximum Gasteiger partial charge on any atom is 0.350 e. The molecule has 0 unspecified atom stereocenters. The summed E-state index contributed by atoms with van der Waals surface area (Å²) < 4.78 is 4.86. The SMILES string of the molecule is CCCN(CCC)c1sc(C(=O)OC)c(N)c1C1CC1. The molecule has 0 aliphatic heterocycles. The van der Waals surface area contributed by atoms with Crippen LogP contribution in [0, 0.1) is 0 Å². The predicted molar refractivity (Wildman–Crippen MR) is 84.8 cm³/mol. The van der Waals surface area contributed by atoms with E-state index in [1.807, 2.05) is 0 Å². The Kier molecular flexibility index (Phi) is 4.91. The van der Waals surface area contributed by atoms with Gasteiger partial charge in [0.15, 0.2) is 0 Å². The third-order valence-corrected chi connectivity index (χ3v) is 4.86. The number of hydrogen-bond acceptors (Lipinski definition) is 5. The lowest BCUT2D eigenvalue weighted by molar-refractivity contribution is 0.0607. The molecule has 0 spiro atoms. The first-order valence-electron chi connectivity index (χ1n) is 7.39. The average Bonchev–Trinajstić information content (AvgIpc) is 3.21. The fourth-order valence-corrected chi connectivity index (χ4v) is 3.82. The van der Waals surface area contributed by atoms with Crippen molar-refractivity contribution in [1.29, 1.82) is 0 Å². The van der Waals surface area contributed by atoms with Crippen molar-refractivity contribution >= 4 is 28.0 Å². The second kappa shape index (κ2) is 6.48. The Morgan fingerprint density at radius 2 is 1.95 bits per heavy atom. The molecule has 2 rings (SSSR count). The maximum absolute atomic E-state index is 11.9. The Hall–Kier alpha value is -1.23. The zero-order valence-corrected chi connectivity index (χ0v) is 13.4. The molecule has 1 aromatic rings. The molecule has 0 amide bonds. The smallest absolute Gasteiger partial charge is 0.350 e. The molecule has 1 aromatic heterocycles. The summed E-state index contributed by atoms with van der Waals surface area (Å²) in [4.78, 5) is 14.8. The first-order chi connectivity index (χ1) is 9.63. The van der Waals surface area contributed by atoms with E-state index in [2.05, 4.69) is 18.7 Å². The Bertz CT molecular complexity index is 474. The van der Waals surface area contributed by atoms with Crippen molar-refractivity contribution in [2.75, 3.05) is 30.8 Å². The summed E-state index contributed by atoms with van der Waals surface area (Å²) in [6.45, 7) is 6.37. The predicted octanol–water partition coefficient (Wildman–Crippen LogP) is 3.62. The van der Waals surface area contributed by atoms with Crippen LogP contribution in [-0.4, -0.2) is 26.2 Å². The Morgan fingerprint density at radius 3 is 2.40 bits per heavy atom. The van der Waals surface area contributed by atoms with Crippen molar-refractivity contribution in [3.05, 3.63) is 10.4 Å². The van der Waals surface area contributed by atoms with Gasteiger partial charge in [0.1, 0.15) is 4.88 Å². The molecule has 1 fully saturated rings.